The molecule has 1 saturated heterocycles. The molecule has 1 aliphatic rings. The standard InChI is InChI=1S/C10H18BrNO2/c1-8(11)9(13)12-7-10(2)3-5-14-6-4-10/h8H,3-7H2,1-2H3,(H,12,13). The van der Waals surface area contributed by atoms with Crippen molar-refractivity contribution in [3.8, 4) is 0 Å². The highest BCUT2D eigenvalue weighted by atomic mass is 79.9. The van der Waals surface area contributed by atoms with Crippen molar-refractivity contribution in [3.05, 3.63) is 0 Å². The minimum atomic E-state index is -0.106. The van der Waals surface area contributed by atoms with Crippen molar-refractivity contribution in [1.82, 2.24) is 5.32 Å². The normalized spacial score (nSPS) is 22.8. The predicted molar refractivity (Wildman–Crippen MR) is 59.6 cm³/mol. The van der Waals surface area contributed by atoms with Crippen molar-refractivity contribution in [1.29, 1.82) is 0 Å². The van der Waals surface area contributed by atoms with Crippen LogP contribution in [-0.4, -0.2) is 30.5 Å². The topological polar surface area (TPSA) is 38.3 Å². The van der Waals surface area contributed by atoms with Crippen molar-refractivity contribution < 1.29 is 9.53 Å². The van der Waals surface area contributed by atoms with Crippen molar-refractivity contribution >= 4 is 21.8 Å². The van der Waals surface area contributed by atoms with Gasteiger partial charge < -0.3 is 10.1 Å². The Hall–Kier alpha value is -0.0900. The fourth-order valence-corrected chi connectivity index (χ4v) is 1.64. The van der Waals surface area contributed by atoms with E-state index in [2.05, 4.69) is 28.2 Å². The Bertz CT molecular complexity index is 200. The summed E-state index contributed by atoms with van der Waals surface area (Å²) in [5.41, 5.74) is 0.218. The number of ether oxygens (including phenoxy) is 1. The van der Waals surface area contributed by atoms with Crippen LogP contribution in [0.4, 0.5) is 0 Å². The van der Waals surface area contributed by atoms with Gasteiger partial charge in [-0.3, -0.25) is 4.79 Å². The molecule has 1 aliphatic heterocycles. The maximum atomic E-state index is 11.3. The summed E-state index contributed by atoms with van der Waals surface area (Å²) in [5, 5.41) is 2.95. The zero-order chi connectivity index (χ0) is 10.6. The molecule has 0 aliphatic carbocycles. The fraction of sp³-hybridized carbons (Fsp3) is 0.900. The van der Waals surface area contributed by atoms with E-state index in [1.165, 1.54) is 0 Å². The zero-order valence-corrected chi connectivity index (χ0v) is 10.4. The molecular weight excluding hydrogens is 246 g/mol. The lowest BCUT2D eigenvalue weighted by atomic mass is 9.82. The third-order valence-electron chi connectivity index (χ3n) is 2.75. The first kappa shape index (κ1) is 12.0. The fourth-order valence-electron chi connectivity index (χ4n) is 1.48. The van der Waals surface area contributed by atoms with Crippen LogP contribution in [0, 0.1) is 5.41 Å². The van der Waals surface area contributed by atoms with Crippen molar-refractivity contribution in [2.45, 2.75) is 31.5 Å². The number of amides is 1. The molecule has 14 heavy (non-hydrogen) atoms. The maximum Gasteiger partial charge on any atom is 0.233 e. The molecule has 1 atom stereocenters. The van der Waals surface area contributed by atoms with Crippen LogP contribution in [0.5, 0.6) is 0 Å². The molecule has 0 aromatic heterocycles. The lowest BCUT2D eigenvalue weighted by Crippen LogP contribution is -2.41. The summed E-state index contributed by atoms with van der Waals surface area (Å²) in [6.07, 6.45) is 2.06. The Morgan fingerprint density at radius 3 is 2.64 bits per heavy atom. The summed E-state index contributed by atoms with van der Waals surface area (Å²) in [5.74, 6) is 0.0673. The van der Waals surface area contributed by atoms with Gasteiger partial charge in [0.15, 0.2) is 0 Å². The van der Waals surface area contributed by atoms with Crippen molar-refractivity contribution in [3.63, 3.8) is 0 Å². The largest absolute Gasteiger partial charge is 0.381 e. The lowest BCUT2D eigenvalue weighted by Gasteiger charge is -2.33. The van der Waals surface area contributed by atoms with Gasteiger partial charge in [0, 0.05) is 19.8 Å². The molecule has 3 nitrogen and oxygen atoms in total. The molecule has 4 heteroatoms. The van der Waals surface area contributed by atoms with Crippen LogP contribution in [0.2, 0.25) is 0 Å². The number of hydrogen-bond acceptors (Lipinski definition) is 2. The van der Waals surface area contributed by atoms with Gasteiger partial charge in [-0.25, -0.2) is 0 Å². The molecule has 82 valence electrons. The Balaban J connectivity index is 2.32. The average molecular weight is 264 g/mol. The van der Waals surface area contributed by atoms with Gasteiger partial charge in [0.05, 0.1) is 4.83 Å². The summed E-state index contributed by atoms with van der Waals surface area (Å²) >= 11 is 3.25. The van der Waals surface area contributed by atoms with Crippen LogP contribution >= 0.6 is 15.9 Å². The lowest BCUT2D eigenvalue weighted by molar-refractivity contribution is -0.121. The number of nitrogens with one attached hydrogen (secondary N) is 1. The summed E-state index contributed by atoms with van der Waals surface area (Å²) in [4.78, 5) is 11.2. The summed E-state index contributed by atoms with van der Waals surface area (Å²) in [6, 6.07) is 0. The number of hydrogen-bond donors (Lipinski definition) is 1. The van der Waals surface area contributed by atoms with Gasteiger partial charge in [0.1, 0.15) is 0 Å². The quantitative estimate of drug-likeness (QED) is 0.788. The van der Waals surface area contributed by atoms with E-state index in [4.69, 9.17) is 4.74 Å². The molecule has 0 spiro atoms. The number of halogens is 1. The van der Waals surface area contributed by atoms with Crippen molar-refractivity contribution in [2.24, 2.45) is 5.41 Å². The van der Waals surface area contributed by atoms with E-state index in [9.17, 15) is 4.79 Å². The molecule has 1 heterocycles. The first-order chi connectivity index (χ1) is 6.53. The first-order valence-corrected chi connectivity index (χ1v) is 5.95. The average Bonchev–Trinajstić information content (AvgIpc) is 2.15. The first-order valence-electron chi connectivity index (χ1n) is 5.03. The highest BCUT2D eigenvalue weighted by Crippen LogP contribution is 2.28. The summed E-state index contributed by atoms with van der Waals surface area (Å²) < 4.78 is 5.30. The number of carbonyl (C=O) groups excluding carboxylic acids is 1. The minimum absolute atomic E-state index is 0.0673. The van der Waals surface area contributed by atoms with Gasteiger partial charge in [-0.1, -0.05) is 22.9 Å². The maximum absolute atomic E-state index is 11.3. The Morgan fingerprint density at radius 2 is 2.14 bits per heavy atom. The second kappa shape index (κ2) is 5.12. The molecule has 1 rings (SSSR count). The highest BCUT2D eigenvalue weighted by Gasteiger charge is 2.27. The predicted octanol–water partition coefficient (Wildman–Crippen LogP) is 1.70. The van der Waals surface area contributed by atoms with E-state index in [-0.39, 0.29) is 16.1 Å². The van der Waals surface area contributed by atoms with Crippen LogP contribution in [0.1, 0.15) is 26.7 Å². The molecule has 0 saturated carbocycles. The van der Waals surface area contributed by atoms with Gasteiger partial charge >= 0.3 is 0 Å². The highest BCUT2D eigenvalue weighted by molar-refractivity contribution is 9.10. The number of alkyl halides is 1. The van der Waals surface area contributed by atoms with Gasteiger partial charge in [-0.15, -0.1) is 0 Å². The summed E-state index contributed by atoms with van der Waals surface area (Å²) in [6.45, 7) is 6.42. The molecule has 0 aromatic carbocycles. The molecule has 0 aromatic rings. The smallest absolute Gasteiger partial charge is 0.233 e. The Labute approximate surface area is 93.7 Å². The van der Waals surface area contributed by atoms with Crippen LogP contribution in [0.15, 0.2) is 0 Å². The molecule has 1 amide bonds. The Kier molecular flexibility index (Phi) is 4.38. The van der Waals surface area contributed by atoms with Crippen molar-refractivity contribution in [2.75, 3.05) is 19.8 Å². The van der Waals surface area contributed by atoms with Gasteiger partial charge in [0.2, 0.25) is 5.91 Å². The van der Waals surface area contributed by atoms with Gasteiger partial charge in [-0.2, -0.15) is 0 Å². The molecule has 1 N–H and O–H groups in total. The Morgan fingerprint density at radius 1 is 1.57 bits per heavy atom. The second-order valence-electron chi connectivity index (χ2n) is 4.26. The van der Waals surface area contributed by atoms with Gasteiger partial charge in [0.25, 0.3) is 0 Å². The SMILES string of the molecule is CC(Br)C(=O)NCC1(C)CCOCC1. The summed E-state index contributed by atoms with van der Waals surface area (Å²) in [7, 11) is 0. The van der Waals surface area contributed by atoms with E-state index >= 15 is 0 Å². The van der Waals surface area contributed by atoms with E-state index in [1.807, 2.05) is 6.92 Å². The van der Waals surface area contributed by atoms with E-state index in [0.717, 1.165) is 32.6 Å². The third kappa shape index (κ3) is 3.58. The van der Waals surface area contributed by atoms with Gasteiger partial charge in [-0.05, 0) is 25.2 Å². The third-order valence-corrected chi connectivity index (χ3v) is 3.17. The monoisotopic (exact) mass is 263 g/mol. The van der Waals surface area contributed by atoms with E-state index in [1.54, 1.807) is 0 Å². The van der Waals surface area contributed by atoms with Crippen LogP contribution in [-0.2, 0) is 9.53 Å². The van der Waals surface area contributed by atoms with Crippen LogP contribution < -0.4 is 5.32 Å². The zero-order valence-electron chi connectivity index (χ0n) is 8.81. The minimum Gasteiger partial charge on any atom is -0.381 e. The van der Waals surface area contributed by atoms with Crippen LogP contribution in [0.3, 0.4) is 0 Å². The molecule has 0 radical (unpaired) electrons. The van der Waals surface area contributed by atoms with Crippen LogP contribution in [0.25, 0.3) is 0 Å². The molecule has 1 fully saturated rings. The molecule has 1 unspecified atom stereocenters. The second-order valence-corrected chi connectivity index (χ2v) is 5.63. The molecule has 0 bridgehead atoms. The van der Waals surface area contributed by atoms with E-state index in [0.29, 0.717) is 0 Å². The number of carbonyl (C=O) groups is 1. The number of rotatable bonds is 3. The van der Waals surface area contributed by atoms with E-state index < -0.39 is 0 Å². The molecular formula is C10H18BrNO2.